The molecule has 20 heavy (non-hydrogen) atoms. The minimum atomic E-state index is 0.624. The van der Waals surface area contributed by atoms with Crippen LogP contribution in [0.3, 0.4) is 0 Å². The molecule has 114 valence electrons. The summed E-state index contributed by atoms with van der Waals surface area (Å²) in [5.41, 5.74) is 1.17. The molecule has 1 unspecified atom stereocenters. The van der Waals surface area contributed by atoms with Crippen molar-refractivity contribution in [3.8, 4) is 0 Å². The molecule has 0 radical (unpaired) electrons. The van der Waals surface area contributed by atoms with Crippen LogP contribution < -0.4 is 5.32 Å². The lowest BCUT2D eigenvalue weighted by Crippen LogP contribution is -2.40. The Hall–Kier alpha value is -0.410. The minimum Gasteiger partial charge on any atom is -0.314 e. The largest absolute Gasteiger partial charge is 0.314 e. The highest BCUT2D eigenvalue weighted by atomic mass is 32.1. The van der Waals surface area contributed by atoms with Crippen LogP contribution in [0.25, 0.3) is 0 Å². The number of nitrogens with one attached hydrogen (secondary N) is 1. The van der Waals surface area contributed by atoms with Crippen molar-refractivity contribution in [3.05, 3.63) is 16.1 Å². The second kappa shape index (κ2) is 7.56. The van der Waals surface area contributed by atoms with E-state index in [-0.39, 0.29) is 0 Å². The van der Waals surface area contributed by atoms with E-state index < -0.39 is 0 Å². The Balaban J connectivity index is 1.92. The molecular formula is C17H30N2S. The molecule has 0 bridgehead atoms. The van der Waals surface area contributed by atoms with Crippen molar-refractivity contribution in [1.82, 2.24) is 10.3 Å². The van der Waals surface area contributed by atoms with E-state index in [0.29, 0.717) is 6.04 Å². The fraction of sp³-hybridized carbons (Fsp3) is 0.824. The third kappa shape index (κ3) is 4.29. The summed E-state index contributed by atoms with van der Waals surface area (Å²) in [4.78, 5) is 4.65. The first-order valence-corrected chi connectivity index (χ1v) is 9.12. The molecule has 1 N–H and O–H groups in total. The van der Waals surface area contributed by atoms with Crippen molar-refractivity contribution >= 4 is 11.3 Å². The third-order valence-corrected chi connectivity index (χ3v) is 5.84. The standard InChI is InChI=1S/C17H30N2S/c1-5-18-16(10-17-19-13(4)11-20-17)15-8-6-14(7-9-15)12(2)3/h11-12,14-16,18H,5-10H2,1-4H3. The minimum absolute atomic E-state index is 0.624. The quantitative estimate of drug-likeness (QED) is 0.839. The van der Waals surface area contributed by atoms with Crippen molar-refractivity contribution in [2.75, 3.05) is 6.54 Å². The maximum atomic E-state index is 4.65. The number of aryl methyl sites for hydroxylation is 1. The van der Waals surface area contributed by atoms with Gasteiger partial charge in [0.15, 0.2) is 0 Å². The highest BCUT2D eigenvalue weighted by Gasteiger charge is 2.28. The van der Waals surface area contributed by atoms with Crippen molar-refractivity contribution < 1.29 is 0 Å². The van der Waals surface area contributed by atoms with Crippen molar-refractivity contribution in [2.24, 2.45) is 17.8 Å². The second-order valence-electron chi connectivity index (χ2n) is 6.67. The van der Waals surface area contributed by atoms with Crippen LogP contribution in [-0.4, -0.2) is 17.6 Å². The van der Waals surface area contributed by atoms with E-state index in [4.69, 9.17) is 0 Å². The van der Waals surface area contributed by atoms with Gasteiger partial charge < -0.3 is 5.32 Å². The van der Waals surface area contributed by atoms with Gasteiger partial charge >= 0.3 is 0 Å². The van der Waals surface area contributed by atoms with E-state index in [1.807, 2.05) is 11.3 Å². The van der Waals surface area contributed by atoms with Gasteiger partial charge in [-0.2, -0.15) is 0 Å². The van der Waals surface area contributed by atoms with Gasteiger partial charge in [0, 0.05) is 23.5 Å². The van der Waals surface area contributed by atoms with E-state index in [9.17, 15) is 0 Å². The monoisotopic (exact) mass is 294 g/mol. The van der Waals surface area contributed by atoms with Crippen LogP contribution >= 0.6 is 11.3 Å². The SMILES string of the molecule is CCNC(Cc1nc(C)cs1)C1CCC(C(C)C)CC1. The normalized spacial score (nSPS) is 25.1. The fourth-order valence-corrected chi connectivity index (χ4v) is 4.40. The lowest BCUT2D eigenvalue weighted by Gasteiger charge is -2.35. The molecule has 0 saturated heterocycles. The molecule has 2 nitrogen and oxygen atoms in total. The van der Waals surface area contributed by atoms with Gasteiger partial charge in [0.1, 0.15) is 0 Å². The molecule has 1 saturated carbocycles. The van der Waals surface area contributed by atoms with Gasteiger partial charge in [0.2, 0.25) is 0 Å². The van der Waals surface area contributed by atoms with Gasteiger partial charge in [0.25, 0.3) is 0 Å². The summed E-state index contributed by atoms with van der Waals surface area (Å²) in [5.74, 6) is 2.65. The lowest BCUT2D eigenvalue weighted by molar-refractivity contribution is 0.188. The first kappa shape index (κ1) is 16.0. The van der Waals surface area contributed by atoms with Crippen LogP contribution in [0.5, 0.6) is 0 Å². The Morgan fingerprint density at radius 3 is 2.40 bits per heavy atom. The molecule has 3 heteroatoms. The second-order valence-corrected chi connectivity index (χ2v) is 7.61. The Morgan fingerprint density at radius 1 is 1.25 bits per heavy atom. The van der Waals surface area contributed by atoms with Crippen LogP contribution in [-0.2, 0) is 6.42 Å². The zero-order valence-corrected chi connectivity index (χ0v) is 14.3. The van der Waals surface area contributed by atoms with Gasteiger partial charge in [-0.25, -0.2) is 4.98 Å². The zero-order chi connectivity index (χ0) is 14.5. The molecule has 1 heterocycles. The molecule has 0 amide bonds. The summed E-state index contributed by atoms with van der Waals surface area (Å²) in [5, 5.41) is 7.20. The predicted octanol–water partition coefficient (Wildman–Crippen LogP) is 4.43. The number of thiazole rings is 1. The predicted molar refractivity (Wildman–Crippen MR) is 88.3 cm³/mol. The molecular weight excluding hydrogens is 264 g/mol. The van der Waals surface area contributed by atoms with Crippen LogP contribution in [0.15, 0.2) is 5.38 Å². The van der Waals surface area contributed by atoms with Gasteiger partial charge in [-0.15, -0.1) is 11.3 Å². The summed E-state index contributed by atoms with van der Waals surface area (Å²) < 4.78 is 0. The summed E-state index contributed by atoms with van der Waals surface area (Å²) in [7, 11) is 0. The number of rotatable bonds is 6. The van der Waals surface area contributed by atoms with E-state index in [1.165, 1.54) is 36.4 Å². The highest BCUT2D eigenvalue weighted by Crippen LogP contribution is 2.35. The number of hydrogen-bond donors (Lipinski definition) is 1. The maximum absolute atomic E-state index is 4.65. The van der Waals surface area contributed by atoms with Crippen molar-refractivity contribution in [2.45, 2.75) is 65.8 Å². The number of likely N-dealkylation sites (N-methyl/N-ethyl adjacent to an activating group) is 1. The summed E-state index contributed by atoms with van der Waals surface area (Å²) >= 11 is 1.82. The van der Waals surface area contributed by atoms with Gasteiger partial charge in [0.05, 0.1) is 5.01 Å². The number of nitrogens with zero attached hydrogens (tertiary/aromatic N) is 1. The van der Waals surface area contributed by atoms with Crippen LogP contribution in [0, 0.1) is 24.7 Å². The van der Waals surface area contributed by atoms with Crippen LogP contribution in [0.4, 0.5) is 0 Å². The smallest absolute Gasteiger partial charge is 0.0943 e. The molecule has 1 fully saturated rings. The molecule has 1 aromatic heterocycles. The molecule has 1 aliphatic rings. The van der Waals surface area contributed by atoms with Crippen molar-refractivity contribution in [1.29, 1.82) is 0 Å². The number of aromatic nitrogens is 1. The Kier molecular flexibility index (Phi) is 6.03. The van der Waals surface area contributed by atoms with Crippen molar-refractivity contribution in [3.63, 3.8) is 0 Å². The molecule has 0 aliphatic heterocycles. The molecule has 0 aromatic carbocycles. The molecule has 1 atom stereocenters. The van der Waals surface area contributed by atoms with Crippen LogP contribution in [0.1, 0.15) is 57.2 Å². The van der Waals surface area contributed by atoms with E-state index in [0.717, 1.165) is 30.7 Å². The molecule has 2 rings (SSSR count). The molecule has 1 aliphatic carbocycles. The van der Waals surface area contributed by atoms with E-state index in [1.54, 1.807) is 0 Å². The third-order valence-electron chi connectivity index (χ3n) is 4.86. The van der Waals surface area contributed by atoms with E-state index in [2.05, 4.69) is 43.4 Å². The topological polar surface area (TPSA) is 24.9 Å². The average Bonchev–Trinajstić information content (AvgIpc) is 2.84. The first-order valence-electron chi connectivity index (χ1n) is 8.24. The molecule has 1 aromatic rings. The average molecular weight is 295 g/mol. The Morgan fingerprint density at radius 2 is 1.90 bits per heavy atom. The first-order chi connectivity index (χ1) is 9.60. The zero-order valence-electron chi connectivity index (χ0n) is 13.5. The summed E-state index contributed by atoms with van der Waals surface area (Å²) in [6.45, 7) is 10.1. The highest BCUT2D eigenvalue weighted by molar-refractivity contribution is 7.09. The maximum Gasteiger partial charge on any atom is 0.0943 e. The fourth-order valence-electron chi connectivity index (χ4n) is 3.57. The van der Waals surface area contributed by atoms with Gasteiger partial charge in [-0.05, 0) is 56.9 Å². The van der Waals surface area contributed by atoms with Gasteiger partial charge in [-0.3, -0.25) is 0 Å². The van der Waals surface area contributed by atoms with E-state index >= 15 is 0 Å². The lowest BCUT2D eigenvalue weighted by atomic mass is 9.74. The number of hydrogen-bond acceptors (Lipinski definition) is 3. The van der Waals surface area contributed by atoms with Crippen LogP contribution in [0.2, 0.25) is 0 Å². The summed E-state index contributed by atoms with van der Waals surface area (Å²) in [6.07, 6.45) is 6.74. The van der Waals surface area contributed by atoms with Gasteiger partial charge in [-0.1, -0.05) is 20.8 Å². The Bertz CT molecular complexity index is 391. The Labute approximate surface area is 128 Å². The summed E-state index contributed by atoms with van der Waals surface area (Å²) in [6, 6.07) is 0.624. The molecule has 0 spiro atoms.